The summed E-state index contributed by atoms with van der Waals surface area (Å²) in [4.78, 5) is 20.8. The summed E-state index contributed by atoms with van der Waals surface area (Å²) in [6.07, 6.45) is -1.04. The van der Waals surface area contributed by atoms with Gasteiger partial charge in [-0.25, -0.2) is 9.79 Å². The van der Waals surface area contributed by atoms with E-state index in [-0.39, 0.29) is 6.61 Å². The van der Waals surface area contributed by atoms with Gasteiger partial charge in [0, 0.05) is 11.1 Å². The first kappa shape index (κ1) is 15.0. The van der Waals surface area contributed by atoms with Crippen molar-refractivity contribution < 1.29 is 14.3 Å². The molecule has 2 aromatic rings. The maximum absolute atomic E-state index is 12.0. The van der Waals surface area contributed by atoms with Gasteiger partial charge in [-0.1, -0.05) is 48.5 Å². The first-order valence-electron chi connectivity index (χ1n) is 7.38. The quantitative estimate of drug-likeness (QED) is 0.816. The van der Waals surface area contributed by atoms with Crippen molar-refractivity contribution in [1.29, 1.82) is 0 Å². The van der Waals surface area contributed by atoms with E-state index in [9.17, 15) is 4.79 Å². The zero-order valence-corrected chi connectivity index (χ0v) is 12.7. The monoisotopic (exact) mass is 308 g/mol. The Morgan fingerprint density at radius 1 is 1.04 bits per heavy atom. The number of rotatable bonds is 4. The molecule has 116 valence electrons. The van der Waals surface area contributed by atoms with Crippen molar-refractivity contribution in [2.75, 3.05) is 6.61 Å². The standard InChI is InChI=1S/C18H16N2O3/c1-2-22-18(21)17-20-15(13-9-5-3-6-10-13)19-16(23-17)14-11-7-4-8-12-14/h3-12,17H,2H2,1H3. The Morgan fingerprint density at radius 3 is 2.26 bits per heavy atom. The SMILES string of the molecule is CCOC(=O)C1N=C(c2ccccc2)N=C(c2ccccc2)O1. The molecule has 0 fully saturated rings. The molecule has 1 heterocycles. The lowest BCUT2D eigenvalue weighted by Crippen LogP contribution is -2.32. The van der Waals surface area contributed by atoms with Gasteiger partial charge in [0.05, 0.1) is 6.61 Å². The van der Waals surface area contributed by atoms with Crippen molar-refractivity contribution >= 4 is 17.7 Å². The highest BCUT2D eigenvalue weighted by Crippen LogP contribution is 2.16. The molecule has 1 unspecified atom stereocenters. The second kappa shape index (κ2) is 6.87. The minimum atomic E-state index is -1.04. The molecule has 2 aromatic carbocycles. The molecule has 5 heteroatoms. The zero-order chi connectivity index (χ0) is 16.1. The third kappa shape index (κ3) is 3.45. The van der Waals surface area contributed by atoms with E-state index < -0.39 is 12.2 Å². The molecule has 23 heavy (non-hydrogen) atoms. The lowest BCUT2D eigenvalue weighted by Gasteiger charge is -2.20. The van der Waals surface area contributed by atoms with Crippen LogP contribution < -0.4 is 0 Å². The van der Waals surface area contributed by atoms with E-state index in [1.54, 1.807) is 6.92 Å². The van der Waals surface area contributed by atoms with Crippen molar-refractivity contribution in [2.45, 2.75) is 13.2 Å². The number of nitrogens with zero attached hydrogens (tertiary/aromatic N) is 2. The molecule has 3 rings (SSSR count). The largest absolute Gasteiger partial charge is 0.462 e. The van der Waals surface area contributed by atoms with E-state index >= 15 is 0 Å². The maximum Gasteiger partial charge on any atom is 0.371 e. The van der Waals surface area contributed by atoms with Crippen LogP contribution in [0.5, 0.6) is 0 Å². The molecule has 5 nitrogen and oxygen atoms in total. The molecule has 1 aliphatic heterocycles. The molecular weight excluding hydrogens is 292 g/mol. The molecule has 0 N–H and O–H groups in total. The lowest BCUT2D eigenvalue weighted by atomic mass is 10.2. The molecule has 0 bridgehead atoms. The molecule has 0 saturated heterocycles. The van der Waals surface area contributed by atoms with Gasteiger partial charge < -0.3 is 9.47 Å². The maximum atomic E-state index is 12.0. The third-order valence-corrected chi connectivity index (χ3v) is 3.21. The van der Waals surface area contributed by atoms with Crippen LogP contribution in [0.4, 0.5) is 0 Å². The molecular formula is C18H16N2O3. The summed E-state index contributed by atoms with van der Waals surface area (Å²) in [5.41, 5.74) is 1.60. The van der Waals surface area contributed by atoms with E-state index in [1.165, 1.54) is 0 Å². The van der Waals surface area contributed by atoms with Crippen LogP contribution in [0.3, 0.4) is 0 Å². The third-order valence-electron chi connectivity index (χ3n) is 3.21. The first-order valence-corrected chi connectivity index (χ1v) is 7.38. The van der Waals surface area contributed by atoms with Gasteiger partial charge in [-0.2, -0.15) is 4.99 Å². The van der Waals surface area contributed by atoms with Crippen LogP contribution in [0.15, 0.2) is 70.6 Å². The number of amidine groups is 1. The number of carbonyl (C=O) groups excluding carboxylic acids is 1. The Morgan fingerprint density at radius 2 is 1.65 bits per heavy atom. The minimum absolute atomic E-state index is 0.271. The fourth-order valence-electron chi connectivity index (χ4n) is 2.15. The van der Waals surface area contributed by atoms with Gasteiger partial charge in [0.15, 0.2) is 5.84 Å². The van der Waals surface area contributed by atoms with E-state index in [2.05, 4.69) is 9.98 Å². The fraction of sp³-hybridized carbons (Fsp3) is 0.167. The number of hydrogen-bond acceptors (Lipinski definition) is 5. The van der Waals surface area contributed by atoms with Crippen LogP contribution in [-0.2, 0) is 14.3 Å². The summed E-state index contributed by atoms with van der Waals surface area (Å²) in [7, 11) is 0. The van der Waals surface area contributed by atoms with Crippen LogP contribution in [0.25, 0.3) is 0 Å². The molecule has 0 spiro atoms. The summed E-state index contributed by atoms with van der Waals surface area (Å²) in [5, 5.41) is 0. The van der Waals surface area contributed by atoms with E-state index in [4.69, 9.17) is 9.47 Å². The predicted octanol–water partition coefficient (Wildman–Crippen LogP) is 2.80. The molecule has 0 aliphatic carbocycles. The fourth-order valence-corrected chi connectivity index (χ4v) is 2.15. The van der Waals surface area contributed by atoms with Crippen molar-refractivity contribution in [3.63, 3.8) is 0 Å². The number of ether oxygens (including phenoxy) is 2. The van der Waals surface area contributed by atoms with Gasteiger partial charge in [-0.3, -0.25) is 0 Å². The number of benzene rings is 2. The molecule has 0 saturated carbocycles. The average molecular weight is 308 g/mol. The summed E-state index contributed by atoms with van der Waals surface area (Å²) >= 11 is 0. The summed E-state index contributed by atoms with van der Waals surface area (Å²) in [6, 6.07) is 18.9. The molecule has 0 amide bonds. The predicted molar refractivity (Wildman–Crippen MR) is 87.5 cm³/mol. The molecule has 1 atom stereocenters. The second-order valence-electron chi connectivity index (χ2n) is 4.82. The van der Waals surface area contributed by atoms with E-state index in [0.717, 1.165) is 11.1 Å². The van der Waals surface area contributed by atoms with Crippen LogP contribution in [-0.4, -0.2) is 30.5 Å². The lowest BCUT2D eigenvalue weighted by molar-refractivity contribution is -0.151. The van der Waals surface area contributed by atoms with Crippen LogP contribution in [0, 0.1) is 0 Å². The Balaban J connectivity index is 1.99. The molecule has 1 aliphatic rings. The van der Waals surface area contributed by atoms with Crippen LogP contribution in [0.2, 0.25) is 0 Å². The van der Waals surface area contributed by atoms with Crippen molar-refractivity contribution in [2.24, 2.45) is 9.98 Å². The smallest absolute Gasteiger partial charge is 0.371 e. The average Bonchev–Trinajstić information content (AvgIpc) is 2.63. The Bertz CT molecular complexity index is 739. The van der Waals surface area contributed by atoms with Crippen molar-refractivity contribution in [3.8, 4) is 0 Å². The van der Waals surface area contributed by atoms with Crippen LogP contribution in [0.1, 0.15) is 18.1 Å². The van der Waals surface area contributed by atoms with Gasteiger partial charge in [0.1, 0.15) is 0 Å². The number of aliphatic imine (C=N–C) groups is 2. The number of carbonyl (C=O) groups is 1. The van der Waals surface area contributed by atoms with Crippen molar-refractivity contribution in [3.05, 3.63) is 71.8 Å². The topological polar surface area (TPSA) is 60.2 Å². The van der Waals surface area contributed by atoms with Crippen molar-refractivity contribution in [1.82, 2.24) is 0 Å². The summed E-state index contributed by atoms with van der Waals surface area (Å²) in [6.45, 7) is 2.02. The normalized spacial score (nSPS) is 16.8. The first-order chi connectivity index (χ1) is 11.3. The van der Waals surface area contributed by atoms with Gasteiger partial charge in [0.25, 0.3) is 6.23 Å². The molecule has 0 radical (unpaired) electrons. The van der Waals surface area contributed by atoms with Gasteiger partial charge in [-0.05, 0) is 19.1 Å². The number of hydrogen-bond donors (Lipinski definition) is 0. The van der Waals surface area contributed by atoms with E-state index in [0.29, 0.717) is 11.7 Å². The summed E-state index contributed by atoms with van der Waals surface area (Å²) in [5.74, 6) is 0.288. The summed E-state index contributed by atoms with van der Waals surface area (Å²) < 4.78 is 10.7. The van der Waals surface area contributed by atoms with Crippen LogP contribution >= 0.6 is 0 Å². The van der Waals surface area contributed by atoms with Gasteiger partial charge in [0.2, 0.25) is 5.90 Å². The molecule has 0 aromatic heterocycles. The zero-order valence-electron chi connectivity index (χ0n) is 12.7. The highest BCUT2D eigenvalue weighted by molar-refractivity contribution is 6.11. The highest BCUT2D eigenvalue weighted by Gasteiger charge is 2.28. The number of esters is 1. The Hall–Kier alpha value is -2.95. The van der Waals surface area contributed by atoms with E-state index in [1.807, 2.05) is 60.7 Å². The van der Waals surface area contributed by atoms with Gasteiger partial charge in [-0.15, -0.1) is 0 Å². The highest BCUT2D eigenvalue weighted by atomic mass is 16.6. The Kier molecular flexibility index (Phi) is 4.47. The van der Waals surface area contributed by atoms with Gasteiger partial charge >= 0.3 is 5.97 Å². The minimum Gasteiger partial charge on any atom is -0.462 e. The Labute approximate surface area is 134 Å². The second-order valence-corrected chi connectivity index (χ2v) is 4.82.